The summed E-state index contributed by atoms with van der Waals surface area (Å²) >= 11 is 0. The van der Waals surface area contributed by atoms with Crippen LogP contribution in [0.4, 0.5) is 4.79 Å². The first-order chi connectivity index (χ1) is 10.2. The Morgan fingerprint density at radius 3 is 2.68 bits per heavy atom. The number of azo groups is 1. The molecule has 0 radical (unpaired) electrons. The fourth-order valence-electron chi connectivity index (χ4n) is 3.18. The summed E-state index contributed by atoms with van der Waals surface area (Å²) in [6, 6.07) is 0. The van der Waals surface area contributed by atoms with Crippen LogP contribution in [0.15, 0.2) is 10.2 Å². The number of hydrogen-bond donors (Lipinski definition) is 0. The second kappa shape index (κ2) is 4.69. The highest BCUT2D eigenvalue weighted by atomic mass is 16.6. The van der Waals surface area contributed by atoms with Crippen molar-refractivity contribution in [2.75, 3.05) is 19.6 Å². The molecule has 0 aromatic heterocycles. The van der Waals surface area contributed by atoms with Gasteiger partial charge in [0.1, 0.15) is 11.0 Å². The van der Waals surface area contributed by atoms with E-state index in [1.807, 2.05) is 20.8 Å². The van der Waals surface area contributed by atoms with E-state index in [4.69, 9.17) is 4.74 Å². The van der Waals surface area contributed by atoms with Crippen molar-refractivity contribution in [3.05, 3.63) is 0 Å². The molecule has 3 aliphatic heterocycles. The largest absolute Gasteiger partial charge is 0.444 e. The molecule has 0 saturated carbocycles. The molecule has 3 rings (SSSR count). The van der Waals surface area contributed by atoms with E-state index < -0.39 is 22.8 Å². The number of likely N-dealkylation sites (tertiary alicyclic amines) is 1. The summed E-state index contributed by atoms with van der Waals surface area (Å²) in [7, 11) is 0. The SMILES string of the molecule is CC(C)(C)OC(=O)N1CCC2(CC[N+]3=C2N=NC(=O)C3=O)C1. The Morgan fingerprint density at radius 2 is 2.00 bits per heavy atom. The maximum absolute atomic E-state index is 12.2. The summed E-state index contributed by atoms with van der Waals surface area (Å²) in [5, 5.41) is 7.37. The third-order valence-electron chi connectivity index (χ3n) is 4.21. The summed E-state index contributed by atoms with van der Waals surface area (Å²) in [4.78, 5) is 37.0. The first-order valence-electron chi connectivity index (χ1n) is 7.35. The standard InChI is InChI=1S/C14H19N4O4/c1-13(2,3)22-12(21)17-6-4-14(8-17)5-7-18-10(20)9(19)15-16-11(14)18/h4-8H2,1-3H3/q+1. The Bertz CT molecular complexity index is 631. The third kappa shape index (κ3) is 2.32. The van der Waals surface area contributed by atoms with Crippen molar-refractivity contribution in [3.8, 4) is 0 Å². The number of amidine groups is 1. The fraction of sp³-hybridized carbons (Fsp3) is 0.714. The Hall–Kier alpha value is -2.12. The van der Waals surface area contributed by atoms with Crippen molar-refractivity contribution in [1.82, 2.24) is 4.90 Å². The van der Waals surface area contributed by atoms with Gasteiger partial charge in [0.05, 0.1) is 11.7 Å². The van der Waals surface area contributed by atoms with Gasteiger partial charge < -0.3 is 9.64 Å². The molecule has 0 aromatic rings. The zero-order valence-corrected chi connectivity index (χ0v) is 13.0. The van der Waals surface area contributed by atoms with E-state index in [2.05, 4.69) is 10.2 Å². The number of carbonyl (C=O) groups is 3. The molecule has 118 valence electrons. The smallest absolute Gasteiger partial charge is 0.410 e. The Labute approximate surface area is 127 Å². The van der Waals surface area contributed by atoms with E-state index in [9.17, 15) is 14.4 Å². The summed E-state index contributed by atoms with van der Waals surface area (Å²) in [6.07, 6.45) is 1.01. The summed E-state index contributed by atoms with van der Waals surface area (Å²) in [5.74, 6) is -0.941. The number of carbonyl (C=O) groups excluding carboxylic acids is 3. The van der Waals surface area contributed by atoms with Crippen molar-refractivity contribution < 1.29 is 23.7 Å². The summed E-state index contributed by atoms with van der Waals surface area (Å²) in [6.45, 7) is 6.90. The number of nitrogens with zero attached hydrogens (tertiary/aromatic N) is 4. The second-order valence-electron chi connectivity index (χ2n) is 6.97. The average Bonchev–Trinajstić information content (AvgIpc) is 2.99. The minimum atomic E-state index is -0.831. The quantitative estimate of drug-likeness (QED) is 0.492. The summed E-state index contributed by atoms with van der Waals surface area (Å²) < 4.78 is 6.78. The van der Waals surface area contributed by atoms with Crippen molar-refractivity contribution in [2.24, 2.45) is 15.6 Å². The maximum atomic E-state index is 12.2. The number of ether oxygens (including phenoxy) is 1. The molecule has 22 heavy (non-hydrogen) atoms. The second-order valence-corrected chi connectivity index (χ2v) is 6.97. The van der Waals surface area contributed by atoms with E-state index in [1.165, 1.54) is 4.58 Å². The van der Waals surface area contributed by atoms with Crippen LogP contribution >= 0.6 is 0 Å². The van der Waals surface area contributed by atoms with E-state index in [1.54, 1.807) is 4.90 Å². The van der Waals surface area contributed by atoms with Gasteiger partial charge in [0, 0.05) is 24.6 Å². The zero-order chi connectivity index (χ0) is 16.1. The van der Waals surface area contributed by atoms with Gasteiger partial charge in [0.25, 0.3) is 0 Å². The van der Waals surface area contributed by atoms with Crippen LogP contribution in [-0.2, 0) is 14.3 Å². The lowest BCUT2D eigenvalue weighted by molar-refractivity contribution is -0.437. The molecule has 8 heteroatoms. The van der Waals surface area contributed by atoms with Gasteiger partial charge in [-0.15, -0.1) is 0 Å². The fourth-order valence-corrected chi connectivity index (χ4v) is 3.18. The number of fused-ring (bicyclic) bond motifs is 1. The topological polar surface area (TPSA) is 91.4 Å². The molecule has 1 spiro atoms. The highest BCUT2D eigenvalue weighted by Gasteiger charge is 2.57. The van der Waals surface area contributed by atoms with Crippen molar-refractivity contribution >= 4 is 23.7 Å². The van der Waals surface area contributed by atoms with Crippen LogP contribution in [0.25, 0.3) is 0 Å². The molecule has 3 amide bonds. The van der Waals surface area contributed by atoms with Gasteiger partial charge in [-0.3, -0.25) is 4.79 Å². The van der Waals surface area contributed by atoms with Crippen LogP contribution in [0, 0.1) is 5.41 Å². The molecular formula is C14H19N4O4+. The van der Waals surface area contributed by atoms with E-state index >= 15 is 0 Å². The summed E-state index contributed by atoms with van der Waals surface area (Å²) in [5.41, 5.74) is -0.939. The molecule has 3 aliphatic rings. The Kier molecular flexibility index (Phi) is 3.15. The van der Waals surface area contributed by atoms with Crippen LogP contribution < -0.4 is 0 Å². The lowest BCUT2D eigenvalue weighted by Gasteiger charge is -2.25. The molecular weight excluding hydrogens is 288 g/mol. The van der Waals surface area contributed by atoms with Crippen molar-refractivity contribution in [1.29, 1.82) is 0 Å². The van der Waals surface area contributed by atoms with E-state index in [0.29, 0.717) is 38.3 Å². The predicted octanol–water partition coefficient (Wildman–Crippen LogP) is 0.947. The lowest BCUT2D eigenvalue weighted by Crippen LogP contribution is -2.40. The molecule has 1 atom stereocenters. The molecule has 3 heterocycles. The van der Waals surface area contributed by atoms with Gasteiger partial charge in [-0.2, -0.15) is 4.58 Å². The number of hydrogen-bond acceptors (Lipinski definition) is 5. The van der Waals surface area contributed by atoms with Gasteiger partial charge in [-0.1, -0.05) is 0 Å². The molecule has 8 nitrogen and oxygen atoms in total. The molecule has 1 saturated heterocycles. The van der Waals surface area contributed by atoms with Crippen LogP contribution in [0.2, 0.25) is 0 Å². The van der Waals surface area contributed by atoms with Crippen molar-refractivity contribution in [3.63, 3.8) is 0 Å². The minimum absolute atomic E-state index is 0.362. The van der Waals surface area contributed by atoms with Crippen LogP contribution in [0.3, 0.4) is 0 Å². The van der Waals surface area contributed by atoms with Crippen LogP contribution in [0.1, 0.15) is 33.6 Å². The first-order valence-corrected chi connectivity index (χ1v) is 7.35. The molecule has 0 N–H and O–H groups in total. The highest BCUT2D eigenvalue weighted by molar-refractivity contribution is 6.33. The molecule has 1 unspecified atom stereocenters. The normalized spacial score (nSPS) is 27.9. The molecule has 0 bridgehead atoms. The lowest BCUT2D eigenvalue weighted by atomic mass is 9.84. The van der Waals surface area contributed by atoms with E-state index in [0.717, 1.165) is 0 Å². The third-order valence-corrected chi connectivity index (χ3v) is 4.21. The molecule has 0 aromatic carbocycles. The number of rotatable bonds is 0. The average molecular weight is 307 g/mol. The van der Waals surface area contributed by atoms with Gasteiger partial charge in [-0.25, -0.2) is 9.59 Å². The van der Waals surface area contributed by atoms with Crippen LogP contribution in [-0.4, -0.2) is 58.5 Å². The number of amides is 3. The van der Waals surface area contributed by atoms with Crippen molar-refractivity contribution in [2.45, 2.75) is 39.2 Å². The van der Waals surface area contributed by atoms with Crippen LogP contribution in [0.5, 0.6) is 0 Å². The van der Waals surface area contributed by atoms with Gasteiger partial charge >= 0.3 is 23.7 Å². The Morgan fingerprint density at radius 1 is 1.27 bits per heavy atom. The predicted molar refractivity (Wildman–Crippen MR) is 74.5 cm³/mol. The first kappa shape index (κ1) is 14.8. The van der Waals surface area contributed by atoms with Gasteiger partial charge in [0.15, 0.2) is 0 Å². The zero-order valence-electron chi connectivity index (χ0n) is 13.0. The van der Waals surface area contributed by atoms with Gasteiger partial charge in [0.2, 0.25) is 0 Å². The highest BCUT2D eigenvalue weighted by Crippen LogP contribution is 2.40. The Balaban J connectivity index is 1.79. The maximum Gasteiger partial charge on any atom is 0.410 e. The van der Waals surface area contributed by atoms with E-state index in [-0.39, 0.29) is 6.09 Å². The minimum Gasteiger partial charge on any atom is -0.444 e. The monoisotopic (exact) mass is 307 g/mol. The van der Waals surface area contributed by atoms with Gasteiger partial charge in [-0.05, 0) is 27.2 Å². The molecule has 0 aliphatic carbocycles. The molecule has 1 fully saturated rings.